The predicted octanol–water partition coefficient (Wildman–Crippen LogP) is 3.00. The molecule has 0 unspecified atom stereocenters. The van der Waals surface area contributed by atoms with Crippen LogP contribution in [-0.4, -0.2) is 5.11 Å². The Labute approximate surface area is 83.1 Å². The Morgan fingerprint density at radius 3 is 2.93 bits per heavy atom. The van der Waals surface area contributed by atoms with Crippen LogP contribution in [-0.2, 0) is 0 Å². The molecule has 1 aliphatic rings. The lowest BCUT2D eigenvalue weighted by atomic mass is 10.2. The first-order valence-electron chi connectivity index (χ1n) is 4.67. The molecule has 1 N–H and O–H groups in total. The third-order valence-electron chi connectivity index (χ3n) is 2.04. The highest BCUT2D eigenvalue weighted by Gasteiger charge is 2.02. The van der Waals surface area contributed by atoms with Crippen LogP contribution in [0.1, 0.15) is 12.8 Å². The normalized spacial score (nSPS) is 15.0. The maximum absolute atomic E-state index is 9.23. The fourth-order valence-corrected chi connectivity index (χ4v) is 1.36. The van der Waals surface area contributed by atoms with Crippen LogP contribution in [0.4, 0.5) is 0 Å². The topological polar surface area (TPSA) is 29.5 Å². The van der Waals surface area contributed by atoms with Gasteiger partial charge in [0.15, 0.2) is 0 Å². The average molecular weight is 188 g/mol. The van der Waals surface area contributed by atoms with E-state index in [0.29, 0.717) is 5.75 Å². The molecule has 0 bridgehead atoms. The number of hydrogen-bond acceptors (Lipinski definition) is 2. The Balaban J connectivity index is 2.10. The van der Waals surface area contributed by atoms with Gasteiger partial charge in [-0.2, -0.15) is 0 Å². The summed E-state index contributed by atoms with van der Waals surface area (Å²) in [6.45, 7) is 0. The Morgan fingerprint density at radius 1 is 1.29 bits per heavy atom. The van der Waals surface area contributed by atoms with Crippen LogP contribution in [0.15, 0.2) is 48.3 Å². The van der Waals surface area contributed by atoms with Crippen molar-refractivity contribution in [2.24, 2.45) is 0 Å². The summed E-state index contributed by atoms with van der Waals surface area (Å²) in [5.74, 6) is 1.86. The molecule has 1 aromatic carbocycles. The Hall–Kier alpha value is -1.70. The Bertz CT molecular complexity index is 378. The van der Waals surface area contributed by atoms with Crippen molar-refractivity contribution in [3.63, 3.8) is 0 Å². The molecule has 1 aromatic rings. The van der Waals surface area contributed by atoms with Crippen LogP contribution in [0.5, 0.6) is 11.5 Å². The first-order chi connectivity index (χ1) is 6.84. The molecular weight excluding hydrogens is 176 g/mol. The molecule has 0 fully saturated rings. The minimum atomic E-state index is 0.231. The van der Waals surface area contributed by atoms with E-state index in [1.54, 1.807) is 18.2 Å². The monoisotopic (exact) mass is 188 g/mol. The molecule has 0 radical (unpaired) electrons. The van der Waals surface area contributed by atoms with Gasteiger partial charge >= 0.3 is 0 Å². The number of rotatable bonds is 2. The average Bonchev–Trinajstić information content (AvgIpc) is 2.19. The molecule has 0 saturated carbocycles. The second-order valence-electron chi connectivity index (χ2n) is 3.20. The summed E-state index contributed by atoms with van der Waals surface area (Å²) in [6.07, 6.45) is 7.99. The molecule has 0 atom stereocenters. The zero-order chi connectivity index (χ0) is 9.80. The fraction of sp³-hybridized carbons (Fsp3) is 0.167. The zero-order valence-corrected chi connectivity index (χ0v) is 7.81. The second-order valence-corrected chi connectivity index (χ2v) is 3.20. The molecular formula is C12H12O2. The van der Waals surface area contributed by atoms with Crippen LogP contribution >= 0.6 is 0 Å². The van der Waals surface area contributed by atoms with E-state index in [1.807, 2.05) is 18.2 Å². The van der Waals surface area contributed by atoms with Gasteiger partial charge in [-0.3, -0.25) is 0 Å². The van der Waals surface area contributed by atoms with E-state index in [4.69, 9.17) is 4.74 Å². The van der Waals surface area contributed by atoms with Crippen molar-refractivity contribution >= 4 is 0 Å². The third-order valence-corrected chi connectivity index (χ3v) is 2.04. The number of benzene rings is 1. The third kappa shape index (κ3) is 2.16. The number of phenols is 1. The van der Waals surface area contributed by atoms with Crippen molar-refractivity contribution < 1.29 is 9.84 Å². The van der Waals surface area contributed by atoms with Gasteiger partial charge in [0.1, 0.15) is 17.3 Å². The molecule has 1 aliphatic carbocycles. The lowest BCUT2D eigenvalue weighted by Gasteiger charge is -2.10. The zero-order valence-electron chi connectivity index (χ0n) is 7.81. The van der Waals surface area contributed by atoms with E-state index in [2.05, 4.69) is 6.08 Å². The molecule has 2 heteroatoms. The standard InChI is InChI=1S/C12H12O2/c13-10-5-4-8-12(9-10)14-11-6-2-1-3-7-11/h1-2,4-6,8-9,13H,3,7H2. The van der Waals surface area contributed by atoms with Gasteiger partial charge in [-0.1, -0.05) is 18.2 Å². The van der Waals surface area contributed by atoms with Crippen molar-refractivity contribution in [3.8, 4) is 11.5 Å². The molecule has 0 heterocycles. The molecule has 0 saturated heterocycles. The van der Waals surface area contributed by atoms with Crippen LogP contribution in [0, 0.1) is 0 Å². The van der Waals surface area contributed by atoms with E-state index in [1.165, 1.54) is 0 Å². The van der Waals surface area contributed by atoms with Gasteiger partial charge in [0.05, 0.1) is 0 Å². The van der Waals surface area contributed by atoms with Gasteiger partial charge in [0.25, 0.3) is 0 Å². The fourth-order valence-electron chi connectivity index (χ4n) is 1.36. The van der Waals surface area contributed by atoms with Gasteiger partial charge in [0, 0.05) is 12.5 Å². The number of phenolic OH excluding ortho intramolecular Hbond substituents is 1. The molecule has 0 amide bonds. The summed E-state index contributed by atoms with van der Waals surface area (Å²) >= 11 is 0. The number of hydrogen-bond donors (Lipinski definition) is 1. The van der Waals surface area contributed by atoms with E-state index in [-0.39, 0.29) is 5.75 Å². The first kappa shape index (κ1) is 8.88. The van der Waals surface area contributed by atoms with Crippen molar-refractivity contribution in [3.05, 3.63) is 48.3 Å². The maximum Gasteiger partial charge on any atom is 0.130 e. The summed E-state index contributed by atoms with van der Waals surface area (Å²) in [5, 5.41) is 9.23. The summed E-state index contributed by atoms with van der Waals surface area (Å²) in [7, 11) is 0. The lowest BCUT2D eigenvalue weighted by molar-refractivity contribution is 0.397. The van der Waals surface area contributed by atoms with E-state index < -0.39 is 0 Å². The molecule has 2 rings (SSSR count). The molecule has 0 aromatic heterocycles. The largest absolute Gasteiger partial charge is 0.508 e. The van der Waals surface area contributed by atoms with Gasteiger partial charge < -0.3 is 9.84 Å². The van der Waals surface area contributed by atoms with Crippen molar-refractivity contribution in [1.29, 1.82) is 0 Å². The summed E-state index contributed by atoms with van der Waals surface area (Å²) < 4.78 is 5.59. The Kier molecular flexibility index (Phi) is 2.54. The van der Waals surface area contributed by atoms with Gasteiger partial charge in [-0.25, -0.2) is 0 Å². The molecule has 0 aliphatic heterocycles. The maximum atomic E-state index is 9.23. The van der Waals surface area contributed by atoms with E-state index in [9.17, 15) is 5.11 Å². The summed E-state index contributed by atoms with van der Waals surface area (Å²) in [6, 6.07) is 6.84. The molecule has 0 spiro atoms. The van der Waals surface area contributed by atoms with Gasteiger partial charge in [-0.15, -0.1) is 0 Å². The second kappa shape index (κ2) is 4.01. The molecule has 72 valence electrons. The highest BCUT2D eigenvalue weighted by molar-refractivity contribution is 5.33. The van der Waals surface area contributed by atoms with E-state index >= 15 is 0 Å². The Morgan fingerprint density at radius 2 is 2.21 bits per heavy atom. The van der Waals surface area contributed by atoms with Crippen LogP contribution in [0.25, 0.3) is 0 Å². The molecule has 2 nitrogen and oxygen atoms in total. The summed E-state index contributed by atoms with van der Waals surface area (Å²) in [4.78, 5) is 0. The minimum absolute atomic E-state index is 0.231. The van der Waals surface area contributed by atoms with Crippen molar-refractivity contribution in [2.75, 3.05) is 0 Å². The van der Waals surface area contributed by atoms with Gasteiger partial charge in [0.2, 0.25) is 0 Å². The highest BCUT2D eigenvalue weighted by atomic mass is 16.5. The predicted molar refractivity (Wildman–Crippen MR) is 55.2 cm³/mol. The highest BCUT2D eigenvalue weighted by Crippen LogP contribution is 2.22. The first-order valence-corrected chi connectivity index (χ1v) is 4.67. The van der Waals surface area contributed by atoms with Crippen LogP contribution in [0.2, 0.25) is 0 Å². The van der Waals surface area contributed by atoms with Gasteiger partial charge in [-0.05, 0) is 24.6 Å². The smallest absolute Gasteiger partial charge is 0.130 e. The SMILES string of the molecule is Oc1cccc(OC2=CC=CCC2)c1. The van der Waals surface area contributed by atoms with Crippen molar-refractivity contribution in [1.82, 2.24) is 0 Å². The summed E-state index contributed by atoms with van der Waals surface area (Å²) in [5.41, 5.74) is 0. The quantitative estimate of drug-likeness (QED) is 0.773. The van der Waals surface area contributed by atoms with Crippen molar-refractivity contribution in [2.45, 2.75) is 12.8 Å². The lowest BCUT2D eigenvalue weighted by Crippen LogP contribution is -1.96. The molecule has 14 heavy (non-hydrogen) atoms. The number of aromatic hydroxyl groups is 1. The number of allylic oxidation sites excluding steroid dienone is 4. The number of ether oxygens (including phenoxy) is 1. The van der Waals surface area contributed by atoms with Crippen LogP contribution in [0.3, 0.4) is 0 Å². The van der Waals surface area contributed by atoms with Crippen LogP contribution < -0.4 is 4.74 Å². The van der Waals surface area contributed by atoms with E-state index in [0.717, 1.165) is 18.6 Å². The minimum Gasteiger partial charge on any atom is -0.508 e.